The lowest BCUT2D eigenvalue weighted by molar-refractivity contribution is -0.117. The molecular formula is C16H20ClFN4O. The van der Waals surface area contributed by atoms with Crippen LogP contribution in [0.3, 0.4) is 0 Å². The van der Waals surface area contributed by atoms with Gasteiger partial charge in [-0.25, -0.2) is 4.39 Å². The van der Waals surface area contributed by atoms with Crippen LogP contribution < -0.4 is 5.32 Å². The highest BCUT2D eigenvalue weighted by atomic mass is 35.5. The zero-order valence-electron chi connectivity index (χ0n) is 13.7. The third kappa shape index (κ3) is 4.30. The number of likely N-dealkylation sites (N-methyl/N-ethyl adjacent to an activating group) is 1. The monoisotopic (exact) mass is 338 g/mol. The topological polar surface area (TPSA) is 50.2 Å². The Kier molecular flexibility index (Phi) is 5.38. The second kappa shape index (κ2) is 7.10. The van der Waals surface area contributed by atoms with E-state index in [4.69, 9.17) is 11.6 Å². The minimum Gasteiger partial charge on any atom is -0.325 e. The molecular weight excluding hydrogens is 319 g/mol. The minimum absolute atomic E-state index is 0.0160. The molecule has 0 atom stereocenters. The number of halogens is 2. The normalized spacial score (nSPS) is 11.1. The van der Waals surface area contributed by atoms with E-state index < -0.39 is 5.82 Å². The fraction of sp³-hybridized carbons (Fsp3) is 0.375. The number of hydrogen-bond acceptors (Lipinski definition) is 3. The van der Waals surface area contributed by atoms with Crippen LogP contribution in [-0.2, 0) is 18.4 Å². The molecule has 0 radical (unpaired) electrons. The standard InChI is InChI=1S/C16H20ClFN4O/c1-10-13(11(2)22(4)20-10)8-21(3)9-16(23)19-12-5-6-15(18)14(17)7-12/h5-7H,8-9H2,1-4H3,(H,19,23). The molecule has 1 aromatic carbocycles. The van der Waals surface area contributed by atoms with Gasteiger partial charge in [0.1, 0.15) is 5.82 Å². The fourth-order valence-corrected chi connectivity index (χ4v) is 2.57. The van der Waals surface area contributed by atoms with Crippen molar-refractivity contribution in [2.24, 2.45) is 7.05 Å². The quantitative estimate of drug-likeness (QED) is 0.912. The van der Waals surface area contributed by atoms with Crippen LogP contribution in [-0.4, -0.2) is 34.2 Å². The van der Waals surface area contributed by atoms with Gasteiger partial charge < -0.3 is 5.32 Å². The number of rotatable bonds is 5. The van der Waals surface area contributed by atoms with Gasteiger partial charge in [0.05, 0.1) is 17.3 Å². The predicted molar refractivity (Wildman–Crippen MR) is 89.1 cm³/mol. The molecule has 0 saturated heterocycles. The Hall–Kier alpha value is -1.92. The number of hydrogen-bond donors (Lipinski definition) is 1. The van der Waals surface area contributed by atoms with Crippen LogP contribution in [0.4, 0.5) is 10.1 Å². The minimum atomic E-state index is -0.510. The fourth-order valence-electron chi connectivity index (χ4n) is 2.39. The lowest BCUT2D eigenvalue weighted by Gasteiger charge is -2.16. The summed E-state index contributed by atoms with van der Waals surface area (Å²) in [5.74, 6) is -0.696. The first kappa shape index (κ1) is 17.4. The van der Waals surface area contributed by atoms with E-state index >= 15 is 0 Å². The maximum Gasteiger partial charge on any atom is 0.238 e. The average Bonchev–Trinajstić information content (AvgIpc) is 2.69. The summed E-state index contributed by atoms with van der Waals surface area (Å²) < 4.78 is 14.9. The summed E-state index contributed by atoms with van der Waals surface area (Å²) >= 11 is 5.70. The molecule has 0 unspecified atom stereocenters. The van der Waals surface area contributed by atoms with E-state index in [0.29, 0.717) is 12.2 Å². The van der Waals surface area contributed by atoms with Gasteiger partial charge in [0.25, 0.3) is 0 Å². The Morgan fingerprint density at radius 1 is 1.43 bits per heavy atom. The predicted octanol–water partition coefficient (Wildman–Crippen LogP) is 2.90. The zero-order chi connectivity index (χ0) is 17.1. The molecule has 0 aliphatic rings. The number of anilines is 1. The summed E-state index contributed by atoms with van der Waals surface area (Å²) in [5, 5.41) is 7.06. The molecule has 124 valence electrons. The summed E-state index contributed by atoms with van der Waals surface area (Å²) in [4.78, 5) is 14.0. The smallest absolute Gasteiger partial charge is 0.238 e. The molecule has 7 heteroatoms. The van der Waals surface area contributed by atoms with Crippen LogP contribution in [0.25, 0.3) is 0 Å². The van der Waals surface area contributed by atoms with E-state index in [1.54, 1.807) is 0 Å². The van der Waals surface area contributed by atoms with Crippen LogP contribution in [0.5, 0.6) is 0 Å². The number of aromatic nitrogens is 2. The lowest BCUT2D eigenvalue weighted by atomic mass is 10.2. The van der Waals surface area contributed by atoms with Crippen LogP contribution in [0, 0.1) is 19.7 Å². The highest BCUT2D eigenvalue weighted by Crippen LogP contribution is 2.19. The molecule has 1 aromatic heterocycles. The maximum atomic E-state index is 13.1. The van der Waals surface area contributed by atoms with Crippen molar-refractivity contribution < 1.29 is 9.18 Å². The van der Waals surface area contributed by atoms with Gasteiger partial charge in [-0.15, -0.1) is 0 Å². The second-order valence-electron chi connectivity index (χ2n) is 5.62. The van der Waals surface area contributed by atoms with Gasteiger partial charge in [0.15, 0.2) is 0 Å². The summed E-state index contributed by atoms with van der Waals surface area (Å²) in [5.41, 5.74) is 3.64. The molecule has 1 heterocycles. The number of carbonyl (C=O) groups excluding carboxylic acids is 1. The largest absolute Gasteiger partial charge is 0.325 e. The van der Waals surface area contributed by atoms with Crippen LogP contribution in [0.15, 0.2) is 18.2 Å². The Labute approximate surface area is 140 Å². The molecule has 0 spiro atoms. The summed E-state index contributed by atoms with van der Waals surface area (Å²) in [6.45, 7) is 4.80. The molecule has 0 fully saturated rings. The highest BCUT2D eigenvalue weighted by Gasteiger charge is 2.14. The molecule has 5 nitrogen and oxygen atoms in total. The van der Waals surface area contributed by atoms with Crippen molar-refractivity contribution in [1.29, 1.82) is 0 Å². The van der Waals surface area contributed by atoms with E-state index in [1.165, 1.54) is 18.2 Å². The number of carbonyl (C=O) groups is 1. The Morgan fingerprint density at radius 3 is 2.70 bits per heavy atom. The molecule has 0 aliphatic heterocycles. The van der Waals surface area contributed by atoms with Crippen LogP contribution in [0.1, 0.15) is 17.0 Å². The Bertz CT molecular complexity index is 729. The van der Waals surface area contributed by atoms with Gasteiger partial charge in [-0.05, 0) is 39.1 Å². The van der Waals surface area contributed by atoms with E-state index in [2.05, 4.69) is 10.4 Å². The molecule has 1 amide bonds. The number of benzene rings is 1. The first-order valence-corrected chi connectivity index (χ1v) is 7.58. The SMILES string of the molecule is Cc1nn(C)c(C)c1CN(C)CC(=O)Nc1ccc(F)c(Cl)c1. The van der Waals surface area contributed by atoms with Crippen LogP contribution >= 0.6 is 11.6 Å². The number of aryl methyl sites for hydroxylation is 2. The Morgan fingerprint density at radius 2 is 2.13 bits per heavy atom. The third-order valence-corrected chi connectivity index (χ3v) is 3.99. The van der Waals surface area contributed by atoms with Crippen molar-refractivity contribution in [3.63, 3.8) is 0 Å². The van der Waals surface area contributed by atoms with Crippen molar-refractivity contribution in [1.82, 2.24) is 14.7 Å². The van der Waals surface area contributed by atoms with Crippen molar-refractivity contribution in [2.45, 2.75) is 20.4 Å². The Balaban J connectivity index is 1.95. The van der Waals surface area contributed by atoms with Gasteiger partial charge in [0, 0.05) is 30.5 Å². The molecule has 0 bridgehead atoms. The summed E-state index contributed by atoms with van der Waals surface area (Å²) in [7, 11) is 3.76. The lowest BCUT2D eigenvalue weighted by Crippen LogP contribution is -2.30. The zero-order valence-corrected chi connectivity index (χ0v) is 14.4. The summed E-state index contributed by atoms with van der Waals surface area (Å²) in [6, 6.07) is 4.10. The van der Waals surface area contributed by atoms with Gasteiger partial charge >= 0.3 is 0 Å². The molecule has 0 saturated carbocycles. The maximum absolute atomic E-state index is 13.1. The second-order valence-corrected chi connectivity index (χ2v) is 6.03. The molecule has 0 aliphatic carbocycles. The van der Waals surface area contributed by atoms with Crippen molar-refractivity contribution in [2.75, 3.05) is 18.9 Å². The van der Waals surface area contributed by atoms with Gasteiger partial charge in [-0.1, -0.05) is 11.6 Å². The van der Waals surface area contributed by atoms with Gasteiger partial charge in [-0.3, -0.25) is 14.4 Å². The van der Waals surface area contributed by atoms with Crippen LogP contribution in [0.2, 0.25) is 5.02 Å². The highest BCUT2D eigenvalue weighted by molar-refractivity contribution is 6.31. The molecule has 1 N–H and O–H groups in total. The first-order valence-electron chi connectivity index (χ1n) is 7.20. The number of nitrogens with zero attached hydrogens (tertiary/aromatic N) is 3. The van der Waals surface area contributed by atoms with Crippen molar-refractivity contribution >= 4 is 23.2 Å². The molecule has 2 aromatic rings. The molecule has 23 heavy (non-hydrogen) atoms. The number of nitrogens with one attached hydrogen (secondary N) is 1. The van der Waals surface area contributed by atoms with Gasteiger partial charge in [0.2, 0.25) is 5.91 Å². The molecule has 2 rings (SSSR count). The van der Waals surface area contributed by atoms with E-state index in [9.17, 15) is 9.18 Å². The third-order valence-electron chi connectivity index (χ3n) is 3.70. The van der Waals surface area contributed by atoms with E-state index in [0.717, 1.165) is 17.0 Å². The van der Waals surface area contributed by atoms with E-state index in [1.807, 2.05) is 37.5 Å². The van der Waals surface area contributed by atoms with Crippen molar-refractivity contribution in [3.8, 4) is 0 Å². The average molecular weight is 339 g/mol. The first-order chi connectivity index (χ1) is 10.8. The summed E-state index contributed by atoms with van der Waals surface area (Å²) in [6.07, 6.45) is 0. The van der Waals surface area contributed by atoms with Gasteiger partial charge in [-0.2, -0.15) is 5.10 Å². The van der Waals surface area contributed by atoms with E-state index in [-0.39, 0.29) is 17.5 Å². The number of amides is 1. The van der Waals surface area contributed by atoms with Crippen molar-refractivity contribution in [3.05, 3.63) is 46.0 Å².